The minimum Gasteiger partial charge on any atom is -0.350 e. The molecular formula is C15H24N2O. The lowest BCUT2D eigenvalue weighted by Crippen LogP contribution is -2.46. The van der Waals surface area contributed by atoms with Crippen molar-refractivity contribution in [3.8, 4) is 0 Å². The largest absolute Gasteiger partial charge is 0.350 e. The van der Waals surface area contributed by atoms with Crippen LogP contribution in [0.3, 0.4) is 0 Å². The van der Waals surface area contributed by atoms with E-state index in [9.17, 15) is 4.79 Å². The van der Waals surface area contributed by atoms with Gasteiger partial charge >= 0.3 is 0 Å². The van der Waals surface area contributed by atoms with E-state index >= 15 is 0 Å². The fraction of sp³-hybridized carbons (Fsp3) is 0.533. The van der Waals surface area contributed by atoms with Gasteiger partial charge in [0.05, 0.1) is 6.54 Å². The van der Waals surface area contributed by atoms with E-state index in [1.54, 1.807) is 0 Å². The maximum absolute atomic E-state index is 11.7. The molecule has 18 heavy (non-hydrogen) atoms. The Bertz CT molecular complexity index is 399. The Morgan fingerprint density at radius 2 is 2.06 bits per heavy atom. The average molecular weight is 248 g/mol. The van der Waals surface area contributed by atoms with E-state index in [1.165, 1.54) is 11.1 Å². The highest BCUT2D eigenvalue weighted by Gasteiger charge is 2.16. The van der Waals surface area contributed by atoms with Crippen LogP contribution in [0.15, 0.2) is 24.3 Å². The van der Waals surface area contributed by atoms with Crippen molar-refractivity contribution in [1.29, 1.82) is 0 Å². The number of rotatable bonds is 6. The molecule has 1 rings (SSSR count). The van der Waals surface area contributed by atoms with E-state index in [0.29, 0.717) is 6.54 Å². The zero-order valence-corrected chi connectivity index (χ0v) is 11.8. The lowest BCUT2D eigenvalue weighted by molar-refractivity contribution is -0.121. The van der Waals surface area contributed by atoms with Gasteiger partial charge in [-0.2, -0.15) is 0 Å². The summed E-state index contributed by atoms with van der Waals surface area (Å²) in [6.45, 7) is 9.29. The first-order valence-electron chi connectivity index (χ1n) is 6.50. The molecule has 3 heteroatoms. The van der Waals surface area contributed by atoms with Crippen LogP contribution in [0.2, 0.25) is 0 Å². The SMILES string of the molecule is CCC(C)(C)NC(=O)CNCc1cccc(C)c1. The van der Waals surface area contributed by atoms with Gasteiger partial charge in [0.1, 0.15) is 0 Å². The van der Waals surface area contributed by atoms with Gasteiger partial charge in [-0.25, -0.2) is 0 Å². The summed E-state index contributed by atoms with van der Waals surface area (Å²) < 4.78 is 0. The summed E-state index contributed by atoms with van der Waals surface area (Å²) in [4.78, 5) is 11.7. The fourth-order valence-electron chi connectivity index (χ4n) is 1.65. The van der Waals surface area contributed by atoms with E-state index in [4.69, 9.17) is 0 Å². The quantitative estimate of drug-likeness (QED) is 0.811. The first-order valence-corrected chi connectivity index (χ1v) is 6.50. The van der Waals surface area contributed by atoms with Crippen molar-refractivity contribution in [2.45, 2.75) is 46.2 Å². The lowest BCUT2D eigenvalue weighted by Gasteiger charge is -2.24. The third-order valence-electron chi connectivity index (χ3n) is 3.06. The minimum atomic E-state index is -0.123. The molecule has 0 radical (unpaired) electrons. The van der Waals surface area contributed by atoms with Crippen LogP contribution >= 0.6 is 0 Å². The zero-order valence-electron chi connectivity index (χ0n) is 11.8. The molecule has 0 bridgehead atoms. The van der Waals surface area contributed by atoms with Gasteiger partial charge in [-0.3, -0.25) is 4.79 Å². The lowest BCUT2D eigenvalue weighted by atomic mass is 10.0. The van der Waals surface area contributed by atoms with E-state index in [1.807, 2.05) is 19.9 Å². The van der Waals surface area contributed by atoms with Crippen molar-refractivity contribution in [3.63, 3.8) is 0 Å². The van der Waals surface area contributed by atoms with Gasteiger partial charge in [-0.15, -0.1) is 0 Å². The van der Waals surface area contributed by atoms with Gasteiger partial charge in [0, 0.05) is 12.1 Å². The highest BCUT2D eigenvalue weighted by atomic mass is 16.2. The highest BCUT2D eigenvalue weighted by molar-refractivity contribution is 5.78. The van der Waals surface area contributed by atoms with Crippen molar-refractivity contribution in [2.24, 2.45) is 0 Å². The molecule has 0 heterocycles. The van der Waals surface area contributed by atoms with Crippen LogP contribution < -0.4 is 10.6 Å². The van der Waals surface area contributed by atoms with Crippen LogP contribution in [0.1, 0.15) is 38.3 Å². The van der Waals surface area contributed by atoms with E-state index in [0.717, 1.165) is 13.0 Å². The van der Waals surface area contributed by atoms with E-state index in [2.05, 4.69) is 42.7 Å². The smallest absolute Gasteiger partial charge is 0.234 e. The molecule has 1 aromatic carbocycles. The molecule has 100 valence electrons. The molecular weight excluding hydrogens is 224 g/mol. The van der Waals surface area contributed by atoms with Gasteiger partial charge in [-0.1, -0.05) is 36.8 Å². The molecule has 2 N–H and O–H groups in total. The second-order valence-electron chi connectivity index (χ2n) is 5.38. The Kier molecular flexibility index (Phi) is 5.35. The Hall–Kier alpha value is -1.35. The van der Waals surface area contributed by atoms with Crippen molar-refractivity contribution in [3.05, 3.63) is 35.4 Å². The standard InChI is InChI=1S/C15H24N2O/c1-5-15(3,4)17-14(18)11-16-10-13-8-6-7-12(2)9-13/h6-9,16H,5,10-11H2,1-4H3,(H,17,18). The van der Waals surface area contributed by atoms with Gasteiger partial charge in [0.15, 0.2) is 0 Å². The summed E-state index contributed by atoms with van der Waals surface area (Å²) >= 11 is 0. The molecule has 1 amide bonds. The number of amides is 1. The van der Waals surface area contributed by atoms with Gasteiger partial charge < -0.3 is 10.6 Å². The topological polar surface area (TPSA) is 41.1 Å². The van der Waals surface area contributed by atoms with Gasteiger partial charge in [-0.05, 0) is 32.8 Å². The van der Waals surface area contributed by atoms with Crippen LogP contribution in [-0.2, 0) is 11.3 Å². The van der Waals surface area contributed by atoms with Crippen LogP contribution in [-0.4, -0.2) is 18.0 Å². The molecule has 0 spiro atoms. The molecule has 0 atom stereocenters. The van der Waals surface area contributed by atoms with E-state index in [-0.39, 0.29) is 11.4 Å². The summed E-state index contributed by atoms with van der Waals surface area (Å²) in [6.07, 6.45) is 0.927. The van der Waals surface area contributed by atoms with E-state index < -0.39 is 0 Å². The summed E-state index contributed by atoms with van der Waals surface area (Å²) in [6, 6.07) is 8.29. The molecule has 3 nitrogen and oxygen atoms in total. The maximum atomic E-state index is 11.7. The summed E-state index contributed by atoms with van der Waals surface area (Å²) in [5.41, 5.74) is 2.32. The van der Waals surface area contributed by atoms with Crippen LogP contribution in [0.4, 0.5) is 0 Å². The summed E-state index contributed by atoms with van der Waals surface area (Å²) in [7, 11) is 0. The van der Waals surface area contributed by atoms with Gasteiger partial charge in [0.2, 0.25) is 5.91 Å². The van der Waals surface area contributed by atoms with Crippen LogP contribution in [0.25, 0.3) is 0 Å². The van der Waals surface area contributed by atoms with Crippen molar-refractivity contribution >= 4 is 5.91 Å². The van der Waals surface area contributed by atoms with Crippen molar-refractivity contribution in [2.75, 3.05) is 6.54 Å². The number of carbonyl (C=O) groups excluding carboxylic acids is 1. The van der Waals surface area contributed by atoms with Crippen LogP contribution in [0.5, 0.6) is 0 Å². The predicted octanol–water partition coefficient (Wildman–Crippen LogP) is 2.39. The Balaban J connectivity index is 2.32. The second-order valence-corrected chi connectivity index (χ2v) is 5.38. The Labute approximate surface area is 110 Å². The Morgan fingerprint density at radius 1 is 1.33 bits per heavy atom. The molecule has 0 aliphatic carbocycles. The maximum Gasteiger partial charge on any atom is 0.234 e. The number of aryl methyl sites for hydroxylation is 1. The highest BCUT2D eigenvalue weighted by Crippen LogP contribution is 2.06. The number of benzene rings is 1. The Morgan fingerprint density at radius 3 is 2.67 bits per heavy atom. The molecule has 0 aliphatic heterocycles. The third-order valence-corrected chi connectivity index (χ3v) is 3.06. The molecule has 0 fully saturated rings. The molecule has 0 aliphatic rings. The fourth-order valence-corrected chi connectivity index (χ4v) is 1.65. The number of hydrogen-bond donors (Lipinski definition) is 2. The summed E-state index contributed by atoms with van der Waals surface area (Å²) in [5.74, 6) is 0.0505. The molecule has 0 saturated heterocycles. The van der Waals surface area contributed by atoms with Crippen molar-refractivity contribution < 1.29 is 4.79 Å². The number of carbonyl (C=O) groups is 1. The number of hydrogen-bond acceptors (Lipinski definition) is 2. The normalized spacial score (nSPS) is 11.3. The van der Waals surface area contributed by atoms with Crippen molar-refractivity contribution in [1.82, 2.24) is 10.6 Å². The first kappa shape index (κ1) is 14.7. The van der Waals surface area contributed by atoms with Gasteiger partial charge in [0.25, 0.3) is 0 Å². The third kappa shape index (κ3) is 5.32. The number of nitrogens with one attached hydrogen (secondary N) is 2. The second kappa shape index (κ2) is 6.55. The molecule has 0 aromatic heterocycles. The summed E-state index contributed by atoms with van der Waals surface area (Å²) in [5, 5.41) is 6.17. The zero-order chi connectivity index (χ0) is 13.6. The predicted molar refractivity (Wildman–Crippen MR) is 75.4 cm³/mol. The molecule has 1 aromatic rings. The monoisotopic (exact) mass is 248 g/mol. The minimum absolute atomic E-state index is 0.0505. The average Bonchev–Trinajstić information content (AvgIpc) is 2.28. The van der Waals surface area contributed by atoms with Crippen LogP contribution in [0, 0.1) is 6.92 Å². The molecule has 0 saturated carbocycles. The first-order chi connectivity index (χ1) is 8.43. The molecule has 0 unspecified atom stereocenters.